The van der Waals surface area contributed by atoms with Crippen LogP contribution in [-0.4, -0.2) is 67.6 Å². The molecule has 0 aromatic heterocycles. The summed E-state index contributed by atoms with van der Waals surface area (Å²) in [5, 5.41) is 11.9. The molecule has 0 spiro atoms. The summed E-state index contributed by atoms with van der Waals surface area (Å²) in [6, 6.07) is -0.214. The van der Waals surface area contributed by atoms with E-state index in [2.05, 4.69) is 5.32 Å². The number of urea groups is 1. The van der Waals surface area contributed by atoms with Gasteiger partial charge in [-0.3, -0.25) is 4.79 Å². The maximum Gasteiger partial charge on any atom is 0.317 e. The van der Waals surface area contributed by atoms with Crippen molar-refractivity contribution in [3.8, 4) is 0 Å². The molecule has 1 saturated carbocycles. The van der Waals surface area contributed by atoms with E-state index in [1.807, 2.05) is 0 Å². The molecule has 1 aliphatic carbocycles. The Morgan fingerprint density at radius 2 is 1.75 bits per heavy atom. The van der Waals surface area contributed by atoms with E-state index in [0.29, 0.717) is 25.9 Å². The topological polar surface area (TPSA) is 88.1 Å². The molecule has 0 radical (unpaired) electrons. The van der Waals surface area contributed by atoms with Crippen molar-refractivity contribution in [2.24, 2.45) is 5.92 Å². The molecule has 2 amide bonds. The van der Waals surface area contributed by atoms with Gasteiger partial charge in [-0.25, -0.2) is 4.79 Å². The molecule has 7 nitrogen and oxygen atoms in total. The van der Waals surface area contributed by atoms with Gasteiger partial charge in [-0.15, -0.1) is 0 Å². The normalized spacial score (nSPS) is 33.4. The number of carboxylic acid groups (broad SMARTS) is 1. The molecule has 1 aliphatic heterocycles. The fourth-order valence-corrected chi connectivity index (χ4v) is 2.97. The molecular weight excluding hydrogens is 264 g/mol. The van der Waals surface area contributed by atoms with Crippen LogP contribution in [0.1, 0.15) is 19.3 Å². The van der Waals surface area contributed by atoms with Crippen molar-refractivity contribution in [3.05, 3.63) is 0 Å². The lowest BCUT2D eigenvalue weighted by Crippen LogP contribution is -2.43. The Kier molecular flexibility index (Phi) is 4.82. The van der Waals surface area contributed by atoms with Gasteiger partial charge in [0.2, 0.25) is 0 Å². The fraction of sp³-hybridized carbons (Fsp3) is 0.846. The van der Waals surface area contributed by atoms with E-state index in [0.717, 1.165) is 6.42 Å². The zero-order chi connectivity index (χ0) is 14.7. The highest BCUT2D eigenvalue weighted by molar-refractivity contribution is 5.75. The molecule has 4 atom stereocenters. The lowest BCUT2D eigenvalue weighted by Gasteiger charge is -2.20. The minimum absolute atomic E-state index is 0.0498. The molecule has 0 aromatic carbocycles. The average molecular weight is 286 g/mol. The minimum atomic E-state index is -0.776. The van der Waals surface area contributed by atoms with Gasteiger partial charge in [0.05, 0.1) is 19.0 Å². The summed E-state index contributed by atoms with van der Waals surface area (Å²) in [7, 11) is 3.21. The van der Waals surface area contributed by atoms with Crippen LogP contribution in [0.4, 0.5) is 4.79 Å². The molecule has 1 saturated heterocycles. The predicted octanol–water partition coefficient (Wildman–Crippen LogP) is 0.295. The molecule has 2 N–H and O–H groups in total. The monoisotopic (exact) mass is 286 g/mol. The summed E-state index contributed by atoms with van der Waals surface area (Å²) in [4.78, 5) is 24.7. The van der Waals surface area contributed by atoms with Gasteiger partial charge in [-0.05, 0) is 19.3 Å². The number of aliphatic carboxylic acids is 1. The van der Waals surface area contributed by atoms with Gasteiger partial charge in [-0.2, -0.15) is 0 Å². The molecule has 2 unspecified atom stereocenters. The van der Waals surface area contributed by atoms with Crippen LogP contribution in [0.15, 0.2) is 0 Å². The van der Waals surface area contributed by atoms with Crippen LogP contribution in [0.25, 0.3) is 0 Å². The highest BCUT2D eigenvalue weighted by atomic mass is 16.5. The Labute approximate surface area is 118 Å². The highest BCUT2D eigenvalue weighted by Crippen LogP contribution is 2.26. The largest absolute Gasteiger partial charge is 0.481 e. The summed E-state index contributed by atoms with van der Waals surface area (Å²) >= 11 is 0. The van der Waals surface area contributed by atoms with E-state index in [1.54, 1.807) is 19.1 Å². The minimum Gasteiger partial charge on any atom is -0.481 e. The van der Waals surface area contributed by atoms with E-state index in [9.17, 15) is 9.59 Å². The number of hydrogen-bond donors (Lipinski definition) is 2. The number of amides is 2. The van der Waals surface area contributed by atoms with Crippen LogP contribution in [0.3, 0.4) is 0 Å². The SMILES string of the molecule is COC1CN(C(=O)N[C@H]2CC[C@@H](C(=O)O)C2)CC1OC. The van der Waals surface area contributed by atoms with E-state index < -0.39 is 5.97 Å². The third-order valence-electron chi connectivity index (χ3n) is 4.22. The predicted molar refractivity (Wildman–Crippen MR) is 70.5 cm³/mol. The third kappa shape index (κ3) is 3.21. The number of methoxy groups -OCH3 is 2. The van der Waals surface area contributed by atoms with Crippen molar-refractivity contribution in [1.82, 2.24) is 10.2 Å². The van der Waals surface area contributed by atoms with Crippen molar-refractivity contribution in [1.29, 1.82) is 0 Å². The van der Waals surface area contributed by atoms with Crippen LogP contribution < -0.4 is 5.32 Å². The number of carboxylic acids is 1. The first-order valence-corrected chi connectivity index (χ1v) is 6.89. The maximum atomic E-state index is 12.2. The van der Waals surface area contributed by atoms with Gasteiger partial charge in [0.1, 0.15) is 12.2 Å². The van der Waals surface area contributed by atoms with Crippen molar-refractivity contribution in [2.75, 3.05) is 27.3 Å². The third-order valence-corrected chi connectivity index (χ3v) is 4.22. The van der Waals surface area contributed by atoms with Crippen LogP contribution in [-0.2, 0) is 14.3 Å². The van der Waals surface area contributed by atoms with E-state index in [1.165, 1.54) is 0 Å². The smallest absolute Gasteiger partial charge is 0.317 e. The summed E-state index contributed by atoms with van der Waals surface area (Å²) in [6.45, 7) is 0.992. The number of likely N-dealkylation sites (tertiary alicyclic amines) is 1. The number of rotatable bonds is 4. The Morgan fingerprint density at radius 1 is 1.15 bits per heavy atom. The molecular formula is C13H22N2O5. The van der Waals surface area contributed by atoms with Gasteiger partial charge in [0, 0.05) is 20.3 Å². The molecule has 1 heterocycles. The molecule has 20 heavy (non-hydrogen) atoms. The first-order chi connectivity index (χ1) is 9.55. The van der Waals surface area contributed by atoms with Crippen molar-refractivity contribution < 1.29 is 24.2 Å². The second-order valence-corrected chi connectivity index (χ2v) is 5.45. The second-order valence-electron chi connectivity index (χ2n) is 5.45. The number of hydrogen-bond acceptors (Lipinski definition) is 4. The number of nitrogens with one attached hydrogen (secondary N) is 1. The number of nitrogens with zero attached hydrogens (tertiary/aromatic N) is 1. The van der Waals surface area contributed by atoms with Gasteiger partial charge >= 0.3 is 12.0 Å². The first kappa shape index (κ1) is 15.1. The Bertz CT molecular complexity index is 364. The number of carbonyl (C=O) groups excluding carboxylic acids is 1. The second kappa shape index (κ2) is 6.41. The fourth-order valence-electron chi connectivity index (χ4n) is 2.97. The number of ether oxygens (including phenoxy) is 2. The summed E-state index contributed by atoms with van der Waals surface area (Å²) < 4.78 is 10.6. The quantitative estimate of drug-likeness (QED) is 0.776. The standard InChI is InChI=1S/C13H22N2O5/c1-19-10-6-15(7-11(10)20-2)13(18)14-9-4-3-8(5-9)12(16)17/h8-11H,3-7H2,1-2H3,(H,14,18)(H,16,17)/t8-,9+,10?,11?/m1/s1. The van der Waals surface area contributed by atoms with Gasteiger partial charge in [0.15, 0.2) is 0 Å². The molecule has 0 aromatic rings. The zero-order valence-electron chi connectivity index (χ0n) is 11.9. The molecule has 2 rings (SSSR count). The van der Waals surface area contributed by atoms with Crippen molar-refractivity contribution in [2.45, 2.75) is 37.5 Å². The first-order valence-electron chi connectivity index (χ1n) is 6.89. The molecule has 7 heteroatoms. The van der Waals surface area contributed by atoms with E-state index in [4.69, 9.17) is 14.6 Å². The molecule has 114 valence electrons. The van der Waals surface area contributed by atoms with Crippen molar-refractivity contribution >= 4 is 12.0 Å². The summed E-state index contributed by atoms with van der Waals surface area (Å²) in [5.74, 6) is -1.11. The van der Waals surface area contributed by atoms with Gasteiger partial charge < -0.3 is 24.8 Å². The lowest BCUT2D eigenvalue weighted by atomic mass is 10.1. The maximum absolute atomic E-state index is 12.2. The van der Waals surface area contributed by atoms with Crippen molar-refractivity contribution in [3.63, 3.8) is 0 Å². The Hall–Kier alpha value is -1.34. The van der Waals surface area contributed by atoms with E-state index >= 15 is 0 Å². The van der Waals surface area contributed by atoms with Crippen LogP contribution >= 0.6 is 0 Å². The van der Waals surface area contributed by atoms with Crippen LogP contribution in [0, 0.1) is 5.92 Å². The molecule has 0 bridgehead atoms. The van der Waals surface area contributed by atoms with E-state index in [-0.39, 0.29) is 30.2 Å². The number of carbonyl (C=O) groups is 2. The highest BCUT2D eigenvalue weighted by Gasteiger charge is 2.37. The van der Waals surface area contributed by atoms with Crippen LogP contribution in [0.2, 0.25) is 0 Å². The molecule has 2 fully saturated rings. The van der Waals surface area contributed by atoms with Crippen LogP contribution in [0.5, 0.6) is 0 Å². The average Bonchev–Trinajstić information content (AvgIpc) is 3.04. The Morgan fingerprint density at radius 3 is 2.20 bits per heavy atom. The van der Waals surface area contributed by atoms with Gasteiger partial charge in [0.25, 0.3) is 0 Å². The zero-order valence-corrected chi connectivity index (χ0v) is 11.9. The summed E-state index contributed by atoms with van der Waals surface area (Å²) in [5.41, 5.74) is 0. The van der Waals surface area contributed by atoms with Gasteiger partial charge in [-0.1, -0.05) is 0 Å². The summed E-state index contributed by atoms with van der Waals surface area (Å²) in [6.07, 6.45) is 1.64. The Balaban J connectivity index is 1.83. The molecule has 2 aliphatic rings. The lowest BCUT2D eigenvalue weighted by molar-refractivity contribution is -0.141.